The first-order valence-corrected chi connectivity index (χ1v) is 18.3. The van der Waals surface area contributed by atoms with E-state index in [2.05, 4.69) is 16.3 Å². The number of aliphatic carboxylic acids is 1. The average Bonchev–Trinajstić information content (AvgIpc) is 3.71. The predicted molar refractivity (Wildman–Crippen MR) is 171 cm³/mol. The Balaban J connectivity index is 1.45. The number of hydrogen-bond acceptors (Lipinski definition) is 5. The summed E-state index contributed by atoms with van der Waals surface area (Å²) in [6, 6.07) is 13.3. The first-order valence-electron chi connectivity index (χ1n) is 16.2. The number of amides is 1. The molecule has 3 fully saturated rings. The number of rotatable bonds is 13. The van der Waals surface area contributed by atoms with Crippen LogP contribution in [0.15, 0.2) is 42.5 Å². The first kappa shape index (κ1) is 31.7. The lowest BCUT2D eigenvalue weighted by Gasteiger charge is -2.45. The molecule has 1 atom stereocenters. The van der Waals surface area contributed by atoms with Crippen LogP contribution in [0.25, 0.3) is 11.1 Å². The van der Waals surface area contributed by atoms with Crippen LogP contribution in [0.3, 0.4) is 0 Å². The second kappa shape index (κ2) is 13.5. The smallest absolute Gasteiger partial charge is 0.326 e. The van der Waals surface area contributed by atoms with Gasteiger partial charge in [-0.05, 0) is 85.8 Å². The number of nitrogens with one attached hydrogen (secondary N) is 1. The van der Waals surface area contributed by atoms with Crippen molar-refractivity contribution in [3.63, 3.8) is 0 Å². The minimum Gasteiger partial charge on any atom is -0.480 e. The Morgan fingerprint density at radius 2 is 1.67 bits per heavy atom. The molecule has 1 amide bonds. The summed E-state index contributed by atoms with van der Waals surface area (Å²) in [6.45, 7) is 2.87. The molecule has 8 heteroatoms. The number of carboxylic acid groups (broad SMARTS) is 1. The molecule has 0 spiro atoms. The first-order chi connectivity index (χ1) is 20.5. The molecular formula is C35H48N2O5S. The number of aryl methyl sites for hydroxylation is 1. The molecule has 2 aromatic rings. The van der Waals surface area contributed by atoms with E-state index in [1.54, 1.807) is 0 Å². The van der Waals surface area contributed by atoms with Crippen molar-refractivity contribution in [2.75, 3.05) is 12.0 Å². The molecular weight excluding hydrogens is 560 g/mol. The van der Waals surface area contributed by atoms with Gasteiger partial charge >= 0.3 is 5.97 Å². The van der Waals surface area contributed by atoms with Crippen molar-refractivity contribution < 1.29 is 23.1 Å². The van der Waals surface area contributed by atoms with Crippen LogP contribution in [-0.2, 0) is 21.2 Å². The van der Waals surface area contributed by atoms with Crippen molar-refractivity contribution in [1.29, 1.82) is 0 Å². The minimum atomic E-state index is -3.37. The maximum Gasteiger partial charge on any atom is 0.326 e. The van der Waals surface area contributed by atoms with Crippen LogP contribution < -0.4 is 5.32 Å². The second-order valence-corrected chi connectivity index (χ2v) is 15.7. The third-order valence-corrected chi connectivity index (χ3v) is 11.0. The van der Waals surface area contributed by atoms with Crippen LogP contribution in [0.5, 0.6) is 0 Å². The van der Waals surface area contributed by atoms with Crippen LogP contribution in [0.2, 0.25) is 0 Å². The van der Waals surface area contributed by atoms with Crippen molar-refractivity contribution >= 4 is 21.7 Å². The maximum atomic E-state index is 13.6. The Morgan fingerprint density at radius 1 is 0.977 bits per heavy atom. The summed E-state index contributed by atoms with van der Waals surface area (Å²) in [7, 11) is -3.37. The van der Waals surface area contributed by atoms with Gasteiger partial charge in [-0.2, -0.15) is 0 Å². The minimum absolute atomic E-state index is 0.183. The number of benzene rings is 2. The van der Waals surface area contributed by atoms with Gasteiger partial charge in [-0.1, -0.05) is 75.3 Å². The van der Waals surface area contributed by atoms with Crippen molar-refractivity contribution in [3.8, 4) is 11.1 Å². The summed E-state index contributed by atoms with van der Waals surface area (Å²) in [5, 5.41) is 12.3. The highest BCUT2D eigenvalue weighted by Gasteiger charge is 2.46. The highest BCUT2D eigenvalue weighted by atomic mass is 32.2. The van der Waals surface area contributed by atoms with Gasteiger partial charge in [-0.15, -0.1) is 0 Å². The molecule has 0 bridgehead atoms. The van der Waals surface area contributed by atoms with Crippen molar-refractivity contribution in [2.24, 2.45) is 5.92 Å². The molecule has 0 radical (unpaired) electrons. The van der Waals surface area contributed by atoms with Crippen molar-refractivity contribution in [3.05, 3.63) is 59.2 Å². The zero-order valence-electron chi connectivity index (χ0n) is 25.8. The Hall–Kier alpha value is -2.71. The Morgan fingerprint density at radius 3 is 2.30 bits per heavy atom. The van der Waals surface area contributed by atoms with E-state index in [9.17, 15) is 23.1 Å². The van der Waals surface area contributed by atoms with Crippen molar-refractivity contribution in [1.82, 2.24) is 10.2 Å². The van der Waals surface area contributed by atoms with E-state index in [4.69, 9.17) is 0 Å². The molecule has 0 unspecified atom stereocenters. The average molecular weight is 609 g/mol. The summed E-state index contributed by atoms with van der Waals surface area (Å²) in [6.07, 6.45) is 16.7. The van der Waals surface area contributed by atoms with E-state index in [-0.39, 0.29) is 17.7 Å². The molecule has 234 valence electrons. The van der Waals surface area contributed by atoms with Gasteiger partial charge < -0.3 is 10.4 Å². The normalized spacial score (nSPS) is 19.8. The number of carbonyl (C=O) groups is 2. The van der Waals surface area contributed by atoms with Gasteiger partial charge in [-0.3, -0.25) is 9.69 Å². The molecule has 2 N–H and O–H groups in total. The fourth-order valence-electron chi connectivity index (χ4n) is 7.65. The Labute approximate surface area is 257 Å². The van der Waals surface area contributed by atoms with Gasteiger partial charge in [0.05, 0.1) is 5.75 Å². The molecule has 0 aromatic heterocycles. The second-order valence-electron chi connectivity index (χ2n) is 13.5. The van der Waals surface area contributed by atoms with E-state index in [1.165, 1.54) is 82.6 Å². The molecule has 0 aliphatic heterocycles. The monoisotopic (exact) mass is 608 g/mol. The largest absolute Gasteiger partial charge is 0.480 e. The predicted octanol–water partition coefficient (Wildman–Crippen LogP) is 6.53. The standard InChI is InChI=1S/C35H48N2O5S/c1-25-10-6-7-13-29(25)31-22-27(14-17-30(31)33(38)36-32(34(39)40)18-21-43(2,41)42)24-37(28-15-16-28)35(19-8-9-20-35)23-26-11-4-3-5-12-26/h6-7,10,13-14,17,22,26,28,32H,3-5,8-9,11-12,15-16,18-21,23-24H2,1-2H3,(H,36,38)(H,39,40)/t32-/m0/s1. The zero-order valence-corrected chi connectivity index (χ0v) is 26.6. The Bertz CT molecular complexity index is 1410. The van der Waals surface area contributed by atoms with Crippen LogP contribution in [0, 0.1) is 12.8 Å². The molecule has 3 saturated carbocycles. The van der Waals surface area contributed by atoms with E-state index in [0.717, 1.165) is 35.4 Å². The van der Waals surface area contributed by atoms with Gasteiger partial charge in [-0.25, -0.2) is 13.2 Å². The molecule has 3 aliphatic rings. The van der Waals surface area contributed by atoms with E-state index in [0.29, 0.717) is 11.6 Å². The topological polar surface area (TPSA) is 104 Å². The zero-order chi connectivity index (χ0) is 30.6. The van der Waals surface area contributed by atoms with Crippen LogP contribution in [0.4, 0.5) is 0 Å². The third-order valence-electron chi connectivity index (χ3n) is 10.0. The lowest BCUT2D eigenvalue weighted by atomic mass is 9.77. The molecule has 43 heavy (non-hydrogen) atoms. The van der Waals surface area contributed by atoms with Gasteiger partial charge in [0.15, 0.2) is 0 Å². The molecule has 3 aliphatic carbocycles. The summed E-state index contributed by atoms with van der Waals surface area (Å²) in [4.78, 5) is 28.3. The fourth-order valence-corrected chi connectivity index (χ4v) is 8.31. The van der Waals surface area contributed by atoms with Crippen LogP contribution >= 0.6 is 0 Å². The summed E-state index contributed by atoms with van der Waals surface area (Å²) < 4.78 is 23.4. The summed E-state index contributed by atoms with van der Waals surface area (Å²) >= 11 is 0. The van der Waals surface area contributed by atoms with Gasteiger partial charge in [0.25, 0.3) is 5.91 Å². The Kier molecular flexibility index (Phi) is 9.96. The quantitative estimate of drug-likeness (QED) is 0.268. The third kappa shape index (κ3) is 8.07. The van der Waals surface area contributed by atoms with Gasteiger partial charge in [0, 0.05) is 29.9 Å². The molecule has 0 heterocycles. The maximum absolute atomic E-state index is 13.6. The molecule has 2 aromatic carbocycles. The SMILES string of the molecule is Cc1ccccc1-c1cc(CN(C2CC2)C2(CC3CCCCC3)CCCC2)ccc1C(=O)N[C@@H](CCS(C)(=O)=O)C(=O)O. The lowest BCUT2D eigenvalue weighted by Crippen LogP contribution is -2.49. The fraction of sp³-hybridized carbons (Fsp3) is 0.600. The van der Waals surface area contributed by atoms with E-state index in [1.807, 2.05) is 43.3 Å². The van der Waals surface area contributed by atoms with E-state index >= 15 is 0 Å². The van der Waals surface area contributed by atoms with Gasteiger partial charge in [0.2, 0.25) is 0 Å². The number of sulfone groups is 1. The summed E-state index contributed by atoms with van der Waals surface area (Å²) in [5.41, 5.74) is 4.58. The highest BCUT2D eigenvalue weighted by molar-refractivity contribution is 7.90. The highest BCUT2D eigenvalue weighted by Crippen LogP contribution is 2.48. The summed E-state index contributed by atoms with van der Waals surface area (Å²) in [5.74, 6) is -1.24. The van der Waals surface area contributed by atoms with E-state index < -0.39 is 27.8 Å². The lowest BCUT2D eigenvalue weighted by molar-refractivity contribution is -0.139. The number of hydrogen-bond donors (Lipinski definition) is 2. The molecule has 7 nitrogen and oxygen atoms in total. The van der Waals surface area contributed by atoms with Crippen LogP contribution in [0.1, 0.15) is 105 Å². The number of carboxylic acids is 1. The number of carbonyl (C=O) groups excluding carboxylic acids is 1. The number of nitrogens with zero attached hydrogens (tertiary/aromatic N) is 1. The molecule has 0 saturated heterocycles. The van der Waals surface area contributed by atoms with Crippen molar-refractivity contribution in [2.45, 2.75) is 115 Å². The molecule has 5 rings (SSSR count). The van der Waals surface area contributed by atoms with Crippen LogP contribution in [-0.4, -0.2) is 59.9 Å². The van der Waals surface area contributed by atoms with Gasteiger partial charge in [0.1, 0.15) is 15.9 Å².